The van der Waals surface area contributed by atoms with Gasteiger partial charge < -0.3 is 5.11 Å². The average Bonchev–Trinajstić information content (AvgIpc) is 2.45. The summed E-state index contributed by atoms with van der Waals surface area (Å²) in [5.41, 5.74) is 1.72. The van der Waals surface area contributed by atoms with Gasteiger partial charge in [0.25, 0.3) is 5.69 Å². The third kappa shape index (κ3) is 3.59. The maximum absolute atomic E-state index is 11.1. The molecule has 0 aliphatic rings. The van der Waals surface area contributed by atoms with Gasteiger partial charge in [-0.25, -0.2) is 0 Å². The third-order valence-corrected chi connectivity index (χ3v) is 4.03. The lowest BCUT2D eigenvalue weighted by Crippen LogP contribution is -1.96. The largest absolute Gasteiger partial charge is 0.389 e. The predicted octanol–water partition coefficient (Wildman–Crippen LogP) is 3.94. The number of nitro benzene ring substituents is 1. The molecule has 1 atom stereocenters. The van der Waals surface area contributed by atoms with E-state index in [1.165, 1.54) is 17.8 Å². The van der Waals surface area contributed by atoms with Gasteiger partial charge in [-0.15, -0.1) is 11.8 Å². The molecule has 0 amide bonds. The van der Waals surface area contributed by atoms with Gasteiger partial charge in [0.15, 0.2) is 0 Å². The summed E-state index contributed by atoms with van der Waals surface area (Å²) < 4.78 is 0. The van der Waals surface area contributed by atoms with Crippen LogP contribution in [0, 0.1) is 10.1 Å². The van der Waals surface area contributed by atoms with Gasteiger partial charge in [-0.05, 0) is 24.1 Å². The normalized spacial score (nSPS) is 12.1. The van der Waals surface area contributed by atoms with Crippen molar-refractivity contribution in [1.29, 1.82) is 0 Å². The molecule has 1 N–H and O–H groups in total. The summed E-state index contributed by atoms with van der Waals surface area (Å²) in [4.78, 5) is 11.3. The molecular weight excluding hydrogens is 274 g/mol. The minimum Gasteiger partial charge on any atom is -0.389 e. The lowest BCUT2D eigenvalue weighted by Gasteiger charge is -2.07. The van der Waals surface area contributed by atoms with Gasteiger partial charge in [-0.1, -0.05) is 36.4 Å². The van der Waals surface area contributed by atoms with Crippen LogP contribution in [-0.4, -0.2) is 10.0 Å². The smallest absolute Gasteiger partial charge is 0.283 e. The summed E-state index contributed by atoms with van der Waals surface area (Å²) in [6.07, 6.45) is -0.707. The molecule has 0 radical (unpaired) electrons. The maximum atomic E-state index is 11.1. The summed E-state index contributed by atoms with van der Waals surface area (Å²) in [6, 6.07) is 14.7. The highest BCUT2D eigenvalue weighted by Crippen LogP contribution is 2.33. The van der Waals surface area contributed by atoms with Crippen LogP contribution in [0.3, 0.4) is 0 Å². The molecule has 0 aliphatic heterocycles. The van der Waals surface area contributed by atoms with Crippen LogP contribution in [0.1, 0.15) is 24.2 Å². The van der Waals surface area contributed by atoms with Crippen LogP contribution in [0.15, 0.2) is 53.4 Å². The molecule has 0 bridgehead atoms. The maximum Gasteiger partial charge on any atom is 0.283 e. The molecule has 104 valence electrons. The van der Waals surface area contributed by atoms with Gasteiger partial charge >= 0.3 is 0 Å². The minimum atomic E-state index is -0.707. The summed E-state index contributed by atoms with van der Waals surface area (Å²) in [6.45, 7) is 1.59. The SMILES string of the molecule is C[C@@H](O)c1ccc(SCc2ccccc2)c([N+](=O)[O-])c1. The molecule has 0 saturated heterocycles. The highest BCUT2D eigenvalue weighted by atomic mass is 32.2. The van der Waals surface area contributed by atoms with Gasteiger partial charge in [0.2, 0.25) is 0 Å². The Balaban J connectivity index is 2.21. The van der Waals surface area contributed by atoms with E-state index in [0.717, 1.165) is 5.56 Å². The van der Waals surface area contributed by atoms with Crippen molar-refractivity contribution in [2.45, 2.75) is 23.7 Å². The zero-order valence-electron chi connectivity index (χ0n) is 11.0. The van der Waals surface area contributed by atoms with E-state index < -0.39 is 11.0 Å². The van der Waals surface area contributed by atoms with E-state index >= 15 is 0 Å². The molecule has 5 heteroatoms. The van der Waals surface area contributed by atoms with Crippen molar-refractivity contribution in [2.24, 2.45) is 0 Å². The van der Waals surface area contributed by atoms with E-state index in [2.05, 4.69) is 0 Å². The van der Waals surface area contributed by atoms with Gasteiger partial charge in [0, 0.05) is 11.8 Å². The lowest BCUT2D eigenvalue weighted by molar-refractivity contribution is -0.387. The van der Waals surface area contributed by atoms with Gasteiger partial charge in [-0.3, -0.25) is 10.1 Å². The van der Waals surface area contributed by atoms with Crippen LogP contribution in [0.25, 0.3) is 0 Å². The van der Waals surface area contributed by atoms with Gasteiger partial charge in [0.05, 0.1) is 15.9 Å². The Morgan fingerprint density at radius 1 is 1.25 bits per heavy atom. The second kappa shape index (κ2) is 6.54. The van der Waals surface area contributed by atoms with Crippen molar-refractivity contribution in [2.75, 3.05) is 0 Å². The Hall–Kier alpha value is -1.85. The molecule has 2 aromatic rings. The quantitative estimate of drug-likeness (QED) is 0.514. The number of rotatable bonds is 5. The minimum absolute atomic E-state index is 0.0457. The van der Waals surface area contributed by atoms with Crippen LogP contribution in [0.2, 0.25) is 0 Å². The van der Waals surface area contributed by atoms with Crippen LogP contribution in [-0.2, 0) is 5.75 Å². The van der Waals surface area contributed by atoms with E-state index in [-0.39, 0.29) is 5.69 Å². The molecule has 0 aromatic heterocycles. The van der Waals surface area contributed by atoms with Crippen molar-refractivity contribution in [1.82, 2.24) is 0 Å². The standard InChI is InChI=1S/C15H15NO3S/c1-11(17)13-7-8-15(14(9-13)16(18)19)20-10-12-5-3-2-4-6-12/h2-9,11,17H,10H2,1H3/t11-/m1/s1. The Morgan fingerprint density at radius 2 is 1.95 bits per heavy atom. The van der Waals surface area contributed by atoms with E-state index in [4.69, 9.17) is 0 Å². The van der Waals surface area contributed by atoms with Crippen molar-refractivity contribution in [3.05, 3.63) is 69.8 Å². The van der Waals surface area contributed by atoms with Crippen LogP contribution in [0.4, 0.5) is 5.69 Å². The lowest BCUT2D eigenvalue weighted by atomic mass is 10.1. The first-order valence-corrected chi connectivity index (χ1v) is 7.19. The first-order chi connectivity index (χ1) is 9.58. The summed E-state index contributed by atoms with van der Waals surface area (Å²) in [5.74, 6) is 0.676. The number of nitro groups is 1. The fourth-order valence-corrected chi connectivity index (χ4v) is 2.75. The number of nitrogens with zero attached hydrogens (tertiary/aromatic N) is 1. The summed E-state index contributed by atoms with van der Waals surface area (Å²) in [5, 5.41) is 20.6. The Labute approximate surface area is 121 Å². The fourth-order valence-electron chi connectivity index (χ4n) is 1.79. The van der Waals surface area contributed by atoms with Crippen molar-refractivity contribution in [3.63, 3.8) is 0 Å². The van der Waals surface area contributed by atoms with E-state index in [1.54, 1.807) is 19.1 Å². The molecule has 0 spiro atoms. The van der Waals surface area contributed by atoms with Crippen molar-refractivity contribution < 1.29 is 10.0 Å². The Morgan fingerprint density at radius 3 is 2.55 bits per heavy atom. The number of aliphatic hydroxyl groups excluding tert-OH is 1. The monoisotopic (exact) mass is 289 g/mol. The Kier molecular flexibility index (Phi) is 4.76. The average molecular weight is 289 g/mol. The second-order valence-electron chi connectivity index (χ2n) is 4.43. The highest BCUT2D eigenvalue weighted by Gasteiger charge is 2.16. The number of hydrogen-bond acceptors (Lipinski definition) is 4. The zero-order valence-corrected chi connectivity index (χ0v) is 11.8. The fraction of sp³-hybridized carbons (Fsp3) is 0.200. The van der Waals surface area contributed by atoms with E-state index in [0.29, 0.717) is 16.2 Å². The number of thioether (sulfide) groups is 1. The van der Waals surface area contributed by atoms with Crippen molar-refractivity contribution >= 4 is 17.4 Å². The molecule has 2 aromatic carbocycles. The van der Waals surface area contributed by atoms with E-state index in [9.17, 15) is 15.2 Å². The first kappa shape index (κ1) is 14.6. The number of aliphatic hydroxyl groups is 1. The molecule has 20 heavy (non-hydrogen) atoms. The molecule has 0 aliphatic carbocycles. The molecular formula is C15H15NO3S. The van der Waals surface area contributed by atoms with Gasteiger partial charge in [-0.2, -0.15) is 0 Å². The molecule has 0 fully saturated rings. The summed E-state index contributed by atoms with van der Waals surface area (Å²) >= 11 is 1.43. The zero-order chi connectivity index (χ0) is 14.5. The Bertz CT molecular complexity index is 599. The topological polar surface area (TPSA) is 63.4 Å². The van der Waals surface area contributed by atoms with Crippen molar-refractivity contribution in [3.8, 4) is 0 Å². The molecule has 0 unspecified atom stereocenters. The van der Waals surface area contributed by atoms with Crippen LogP contribution >= 0.6 is 11.8 Å². The van der Waals surface area contributed by atoms with Crippen LogP contribution in [0.5, 0.6) is 0 Å². The number of hydrogen-bond donors (Lipinski definition) is 1. The molecule has 2 rings (SSSR count). The summed E-state index contributed by atoms with van der Waals surface area (Å²) in [7, 11) is 0. The molecule has 0 saturated carbocycles. The second-order valence-corrected chi connectivity index (χ2v) is 5.45. The first-order valence-electron chi connectivity index (χ1n) is 6.21. The van der Waals surface area contributed by atoms with E-state index in [1.807, 2.05) is 30.3 Å². The van der Waals surface area contributed by atoms with Crippen LogP contribution < -0.4 is 0 Å². The third-order valence-electron chi connectivity index (χ3n) is 2.90. The highest BCUT2D eigenvalue weighted by molar-refractivity contribution is 7.98. The number of benzene rings is 2. The van der Waals surface area contributed by atoms with Gasteiger partial charge in [0.1, 0.15) is 0 Å². The molecule has 0 heterocycles. The molecule has 4 nitrogen and oxygen atoms in total. The predicted molar refractivity (Wildman–Crippen MR) is 79.7 cm³/mol.